The number of aliphatic hydroxyl groups is 1. The number of nitrogens with zero attached hydrogens (tertiary/aromatic N) is 1. The van der Waals surface area contributed by atoms with E-state index < -0.39 is 29.3 Å². The van der Waals surface area contributed by atoms with Crippen LogP contribution < -0.4 is 14.4 Å². The molecule has 0 saturated carbocycles. The Morgan fingerprint density at radius 1 is 1.03 bits per heavy atom. The lowest BCUT2D eigenvalue weighted by Crippen LogP contribution is -2.31. The lowest BCUT2D eigenvalue weighted by molar-refractivity contribution is -0.117. The van der Waals surface area contributed by atoms with Crippen LogP contribution in [-0.4, -0.2) is 31.0 Å². The molecule has 1 aromatic heterocycles. The summed E-state index contributed by atoms with van der Waals surface area (Å²) in [6.45, 7) is 0. The summed E-state index contributed by atoms with van der Waals surface area (Å²) >= 11 is 6.15. The summed E-state index contributed by atoms with van der Waals surface area (Å²) in [5.74, 6) is -2.40. The first kappa shape index (κ1) is 23.4. The number of carbonyl (C=O) groups excluding carboxylic acids is 2. The van der Waals surface area contributed by atoms with Crippen molar-refractivity contribution in [1.29, 1.82) is 0 Å². The smallest absolute Gasteiger partial charge is 0.294 e. The van der Waals surface area contributed by atoms with Gasteiger partial charge >= 0.3 is 0 Å². The Morgan fingerprint density at radius 2 is 1.78 bits per heavy atom. The molecule has 0 radical (unpaired) electrons. The second-order valence-corrected chi connectivity index (χ2v) is 8.46. The van der Waals surface area contributed by atoms with E-state index in [1.165, 1.54) is 38.5 Å². The molecule has 2 heterocycles. The van der Waals surface area contributed by atoms with Crippen molar-refractivity contribution in [3.05, 3.63) is 100 Å². The first-order valence-corrected chi connectivity index (χ1v) is 11.2. The molecule has 0 aliphatic carbocycles. The predicted octanol–water partition coefficient (Wildman–Crippen LogP) is 6.03. The Balaban J connectivity index is 1.70. The van der Waals surface area contributed by atoms with Gasteiger partial charge in [-0.1, -0.05) is 35.9 Å². The van der Waals surface area contributed by atoms with Gasteiger partial charge in [-0.05, 0) is 36.4 Å². The van der Waals surface area contributed by atoms with Gasteiger partial charge in [0.1, 0.15) is 11.6 Å². The van der Waals surface area contributed by atoms with Crippen LogP contribution in [0, 0.1) is 5.82 Å². The molecule has 1 aliphatic rings. The van der Waals surface area contributed by atoms with Gasteiger partial charge in [0.2, 0.25) is 5.78 Å². The summed E-state index contributed by atoms with van der Waals surface area (Å²) in [5, 5.41) is 11.8. The molecule has 3 aromatic carbocycles. The zero-order chi connectivity index (χ0) is 25.6. The molecule has 0 bridgehead atoms. The van der Waals surface area contributed by atoms with E-state index in [9.17, 15) is 19.1 Å². The molecule has 36 heavy (non-hydrogen) atoms. The van der Waals surface area contributed by atoms with Gasteiger partial charge < -0.3 is 19.0 Å². The van der Waals surface area contributed by atoms with Crippen molar-refractivity contribution >= 4 is 39.9 Å². The lowest BCUT2D eigenvalue weighted by atomic mass is 9.94. The number of para-hydroxylation sites is 1. The van der Waals surface area contributed by atoms with E-state index >= 15 is 0 Å². The Bertz CT molecular complexity index is 1560. The standard InChI is InChI=1S/C27H19ClFNO6/c1-34-19-9-4-3-8-18(19)23-22(25(32)27(33)30(23)17-7-5-6-16(29)13-17)24(31)20-11-14-10-15(28)12-21(35-2)26(14)36-20/h3-13,23,32H,1-2H3. The third-order valence-corrected chi connectivity index (χ3v) is 6.18. The van der Waals surface area contributed by atoms with Crippen molar-refractivity contribution in [3.63, 3.8) is 0 Å². The molecule has 1 amide bonds. The molecule has 0 saturated heterocycles. The number of ketones is 1. The van der Waals surface area contributed by atoms with Gasteiger partial charge in [-0.2, -0.15) is 0 Å². The van der Waals surface area contributed by atoms with E-state index in [-0.39, 0.29) is 22.6 Å². The molecule has 9 heteroatoms. The van der Waals surface area contributed by atoms with Gasteiger partial charge in [-0.25, -0.2) is 4.39 Å². The first-order valence-electron chi connectivity index (χ1n) is 10.8. The summed E-state index contributed by atoms with van der Waals surface area (Å²) in [7, 11) is 2.89. The monoisotopic (exact) mass is 507 g/mol. The van der Waals surface area contributed by atoms with Crippen molar-refractivity contribution in [3.8, 4) is 11.5 Å². The average Bonchev–Trinajstić information content (AvgIpc) is 3.41. The SMILES string of the molecule is COc1ccccc1C1C(C(=O)c2cc3cc(Cl)cc(OC)c3o2)=C(O)C(=O)N1c1cccc(F)c1. The average molecular weight is 508 g/mol. The highest BCUT2D eigenvalue weighted by atomic mass is 35.5. The normalized spacial score (nSPS) is 15.6. The lowest BCUT2D eigenvalue weighted by Gasteiger charge is -2.27. The molecular formula is C27H19ClFNO6. The maximum Gasteiger partial charge on any atom is 0.294 e. The highest BCUT2D eigenvalue weighted by Crippen LogP contribution is 2.45. The number of amides is 1. The summed E-state index contributed by atoms with van der Waals surface area (Å²) in [6, 6.07) is 15.6. The summed E-state index contributed by atoms with van der Waals surface area (Å²) in [6.07, 6.45) is 0. The molecule has 182 valence electrons. The molecule has 1 N–H and O–H groups in total. The molecule has 0 spiro atoms. The second kappa shape index (κ2) is 9.05. The summed E-state index contributed by atoms with van der Waals surface area (Å²) in [5.41, 5.74) is 0.619. The Morgan fingerprint density at radius 3 is 2.50 bits per heavy atom. The van der Waals surface area contributed by atoms with Gasteiger partial charge in [0.25, 0.3) is 5.91 Å². The number of Topliss-reactive ketones (excluding diaryl/α,β-unsaturated/α-hetero) is 1. The number of halogens is 2. The number of anilines is 1. The fraction of sp³-hybridized carbons (Fsp3) is 0.111. The summed E-state index contributed by atoms with van der Waals surface area (Å²) in [4.78, 5) is 28.3. The van der Waals surface area contributed by atoms with Crippen LogP contribution in [0.5, 0.6) is 11.5 Å². The van der Waals surface area contributed by atoms with Crippen molar-refractivity contribution in [2.24, 2.45) is 0 Å². The van der Waals surface area contributed by atoms with Crippen molar-refractivity contribution in [1.82, 2.24) is 0 Å². The molecular weight excluding hydrogens is 489 g/mol. The third kappa shape index (κ3) is 3.76. The zero-order valence-electron chi connectivity index (χ0n) is 19.1. The van der Waals surface area contributed by atoms with Crippen molar-refractivity contribution < 1.29 is 33.0 Å². The van der Waals surface area contributed by atoms with Crippen LogP contribution in [0.4, 0.5) is 10.1 Å². The first-order chi connectivity index (χ1) is 17.3. The second-order valence-electron chi connectivity index (χ2n) is 8.03. The van der Waals surface area contributed by atoms with Gasteiger partial charge in [0, 0.05) is 27.7 Å². The van der Waals surface area contributed by atoms with Gasteiger partial charge in [-0.15, -0.1) is 0 Å². The quantitative estimate of drug-likeness (QED) is 0.321. The number of fused-ring (bicyclic) bond motifs is 1. The number of rotatable bonds is 6. The minimum Gasteiger partial charge on any atom is -0.503 e. The van der Waals surface area contributed by atoms with Crippen LogP contribution in [0.1, 0.15) is 22.2 Å². The van der Waals surface area contributed by atoms with Crippen LogP contribution in [0.3, 0.4) is 0 Å². The predicted molar refractivity (Wildman–Crippen MR) is 131 cm³/mol. The van der Waals surface area contributed by atoms with Crippen LogP contribution >= 0.6 is 11.6 Å². The molecule has 1 atom stereocenters. The zero-order valence-corrected chi connectivity index (χ0v) is 19.9. The topological polar surface area (TPSA) is 89.2 Å². The van der Waals surface area contributed by atoms with E-state index in [4.69, 9.17) is 25.5 Å². The number of hydrogen-bond donors (Lipinski definition) is 1. The van der Waals surface area contributed by atoms with Gasteiger partial charge in [0.15, 0.2) is 22.9 Å². The molecule has 7 nitrogen and oxygen atoms in total. The van der Waals surface area contributed by atoms with Crippen LogP contribution in [0.15, 0.2) is 82.5 Å². The fourth-order valence-corrected chi connectivity index (χ4v) is 4.61. The molecule has 1 unspecified atom stereocenters. The minimum absolute atomic E-state index is 0.138. The molecule has 4 aromatic rings. The van der Waals surface area contributed by atoms with Crippen molar-refractivity contribution in [2.75, 3.05) is 19.1 Å². The highest BCUT2D eigenvalue weighted by molar-refractivity contribution is 6.31. The maximum absolute atomic E-state index is 14.1. The largest absolute Gasteiger partial charge is 0.503 e. The fourth-order valence-electron chi connectivity index (χ4n) is 4.40. The van der Waals surface area contributed by atoms with Crippen LogP contribution in [0.2, 0.25) is 5.02 Å². The van der Waals surface area contributed by atoms with E-state index in [0.29, 0.717) is 27.5 Å². The number of aliphatic hydroxyl groups excluding tert-OH is 1. The molecule has 1 aliphatic heterocycles. The number of furan rings is 1. The third-order valence-electron chi connectivity index (χ3n) is 5.96. The van der Waals surface area contributed by atoms with Gasteiger partial charge in [0.05, 0.1) is 25.8 Å². The van der Waals surface area contributed by atoms with Gasteiger partial charge in [-0.3, -0.25) is 14.5 Å². The van der Waals surface area contributed by atoms with E-state index in [1.54, 1.807) is 36.4 Å². The van der Waals surface area contributed by atoms with Crippen LogP contribution in [-0.2, 0) is 4.79 Å². The number of methoxy groups -OCH3 is 2. The molecule has 0 fully saturated rings. The highest BCUT2D eigenvalue weighted by Gasteiger charge is 2.46. The van der Waals surface area contributed by atoms with E-state index in [0.717, 1.165) is 11.0 Å². The van der Waals surface area contributed by atoms with E-state index in [1.807, 2.05) is 0 Å². The minimum atomic E-state index is -1.12. The summed E-state index contributed by atoms with van der Waals surface area (Å²) < 4.78 is 30.7. The molecule has 5 rings (SSSR count). The van der Waals surface area contributed by atoms with Crippen LogP contribution in [0.25, 0.3) is 11.0 Å². The van der Waals surface area contributed by atoms with E-state index in [2.05, 4.69) is 0 Å². The Hall–Kier alpha value is -4.30. The number of carbonyl (C=O) groups is 2. The maximum atomic E-state index is 14.1. The Kier molecular flexibility index (Phi) is 5.89. The number of hydrogen-bond acceptors (Lipinski definition) is 6. The van der Waals surface area contributed by atoms with Crippen molar-refractivity contribution in [2.45, 2.75) is 6.04 Å². The Labute approximate surface area is 209 Å². The number of benzene rings is 3. The number of ether oxygens (including phenoxy) is 2.